The molecular weight excluding hydrogens is 121 g/mol. The second-order valence-electron chi connectivity index (χ2n) is 3.39. The van der Waals surface area contributed by atoms with Gasteiger partial charge in [0.2, 0.25) is 0 Å². The molecule has 0 aromatic heterocycles. The van der Waals surface area contributed by atoms with Crippen molar-refractivity contribution in [1.29, 1.82) is 0 Å². The smallest absolute Gasteiger partial charge is 0.122 e. The monoisotopic (exact) mass is 139 g/mol. The lowest BCUT2D eigenvalue weighted by Gasteiger charge is -2.24. The lowest BCUT2D eigenvalue weighted by molar-refractivity contribution is 0.247. The standard InChI is InChI=1S/C8H18BN/c1-3-8-4-5-9-6-7-10(8)2/h8-9H,3-7H2,1-2H3. The molecule has 1 saturated heterocycles. The largest absolute Gasteiger partial charge is 0.304 e. The van der Waals surface area contributed by atoms with Crippen molar-refractivity contribution < 1.29 is 0 Å². The van der Waals surface area contributed by atoms with Crippen LogP contribution in [-0.4, -0.2) is 31.8 Å². The Morgan fingerprint density at radius 1 is 1.50 bits per heavy atom. The van der Waals surface area contributed by atoms with E-state index in [1.54, 1.807) is 0 Å². The summed E-state index contributed by atoms with van der Waals surface area (Å²) < 4.78 is 0. The first-order valence-corrected chi connectivity index (χ1v) is 4.55. The van der Waals surface area contributed by atoms with Gasteiger partial charge in [0.05, 0.1) is 0 Å². The molecule has 1 unspecified atom stereocenters. The Kier molecular flexibility index (Phi) is 3.27. The van der Waals surface area contributed by atoms with E-state index in [0.29, 0.717) is 0 Å². The zero-order valence-corrected chi connectivity index (χ0v) is 7.27. The molecule has 1 fully saturated rings. The highest BCUT2D eigenvalue weighted by atomic mass is 15.1. The van der Waals surface area contributed by atoms with Gasteiger partial charge in [0.15, 0.2) is 0 Å². The van der Waals surface area contributed by atoms with Gasteiger partial charge in [-0.1, -0.05) is 19.6 Å². The predicted octanol–water partition coefficient (Wildman–Crippen LogP) is 1.37. The topological polar surface area (TPSA) is 3.24 Å². The van der Waals surface area contributed by atoms with E-state index in [1.807, 2.05) is 0 Å². The van der Waals surface area contributed by atoms with Gasteiger partial charge < -0.3 is 4.90 Å². The molecule has 0 amide bonds. The first-order valence-electron chi connectivity index (χ1n) is 4.55. The molecule has 0 aliphatic carbocycles. The average molecular weight is 139 g/mol. The van der Waals surface area contributed by atoms with Gasteiger partial charge >= 0.3 is 0 Å². The highest BCUT2D eigenvalue weighted by molar-refractivity contribution is 6.35. The van der Waals surface area contributed by atoms with E-state index in [4.69, 9.17) is 0 Å². The van der Waals surface area contributed by atoms with Gasteiger partial charge in [-0.05, 0) is 26.4 Å². The number of hydrogen-bond donors (Lipinski definition) is 0. The zero-order valence-electron chi connectivity index (χ0n) is 7.27. The molecule has 1 heterocycles. The molecule has 0 radical (unpaired) electrons. The average Bonchev–Trinajstić information content (AvgIpc) is 2.13. The molecule has 2 heteroatoms. The van der Waals surface area contributed by atoms with Gasteiger partial charge in [-0.2, -0.15) is 0 Å². The van der Waals surface area contributed by atoms with Crippen LogP contribution < -0.4 is 0 Å². The Labute approximate surface area is 65.0 Å². The quantitative estimate of drug-likeness (QED) is 0.496. The van der Waals surface area contributed by atoms with Crippen LogP contribution >= 0.6 is 0 Å². The van der Waals surface area contributed by atoms with E-state index in [9.17, 15) is 0 Å². The number of rotatable bonds is 1. The molecule has 0 saturated carbocycles. The van der Waals surface area contributed by atoms with Gasteiger partial charge in [-0.3, -0.25) is 0 Å². The minimum atomic E-state index is 0.877. The zero-order chi connectivity index (χ0) is 7.40. The van der Waals surface area contributed by atoms with Crippen LogP contribution in [0.4, 0.5) is 0 Å². The molecule has 10 heavy (non-hydrogen) atoms. The summed E-state index contributed by atoms with van der Waals surface area (Å²) in [5.74, 6) is 0. The van der Waals surface area contributed by atoms with Crippen LogP contribution in [0.25, 0.3) is 0 Å². The summed E-state index contributed by atoms with van der Waals surface area (Å²) in [4.78, 5) is 2.52. The van der Waals surface area contributed by atoms with E-state index < -0.39 is 0 Å². The summed E-state index contributed by atoms with van der Waals surface area (Å²) in [7, 11) is 3.71. The fourth-order valence-corrected chi connectivity index (χ4v) is 1.84. The number of hydrogen-bond acceptors (Lipinski definition) is 1. The Bertz CT molecular complexity index is 95.3. The van der Waals surface area contributed by atoms with Crippen molar-refractivity contribution in [3.8, 4) is 0 Å². The molecular formula is C8H18BN. The summed E-state index contributed by atoms with van der Waals surface area (Å²) in [5, 5.41) is 0. The lowest BCUT2D eigenvalue weighted by Crippen LogP contribution is -2.29. The Morgan fingerprint density at radius 2 is 2.30 bits per heavy atom. The molecule has 0 aromatic carbocycles. The molecule has 58 valence electrons. The normalized spacial score (nSPS) is 29.2. The predicted molar refractivity (Wildman–Crippen MR) is 48.1 cm³/mol. The Balaban J connectivity index is 2.35. The van der Waals surface area contributed by atoms with Crippen molar-refractivity contribution in [3.63, 3.8) is 0 Å². The summed E-state index contributed by atoms with van der Waals surface area (Å²) in [5.41, 5.74) is 0. The summed E-state index contributed by atoms with van der Waals surface area (Å²) >= 11 is 0. The maximum absolute atomic E-state index is 2.52. The van der Waals surface area contributed by atoms with Crippen molar-refractivity contribution in [2.24, 2.45) is 0 Å². The SMILES string of the molecule is CCC1CCBCCN1C. The first-order chi connectivity index (χ1) is 4.84. The van der Waals surface area contributed by atoms with Crippen molar-refractivity contribution in [3.05, 3.63) is 0 Å². The molecule has 1 nitrogen and oxygen atoms in total. The van der Waals surface area contributed by atoms with E-state index in [0.717, 1.165) is 6.04 Å². The van der Waals surface area contributed by atoms with Crippen LogP contribution in [0, 0.1) is 0 Å². The first kappa shape index (κ1) is 8.12. The van der Waals surface area contributed by atoms with E-state index in [1.165, 1.54) is 39.3 Å². The third-order valence-electron chi connectivity index (χ3n) is 2.64. The highest BCUT2D eigenvalue weighted by Crippen LogP contribution is 2.13. The summed E-state index contributed by atoms with van der Waals surface area (Å²) in [6.45, 7) is 3.62. The van der Waals surface area contributed by atoms with Gasteiger partial charge in [-0.15, -0.1) is 0 Å². The minimum Gasteiger partial charge on any atom is -0.304 e. The van der Waals surface area contributed by atoms with Gasteiger partial charge in [-0.25, -0.2) is 0 Å². The molecule has 1 aliphatic rings. The van der Waals surface area contributed by atoms with Crippen LogP contribution in [0.1, 0.15) is 19.8 Å². The molecule has 1 aliphatic heterocycles. The van der Waals surface area contributed by atoms with Crippen molar-refractivity contribution >= 4 is 7.28 Å². The molecule has 1 atom stereocenters. The summed E-state index contributed by atoms with van der Waals surface area (Å²) in [6, 6.07) is 0.877. The Hall–Kier alpha value is 0.0249. The molecule has 0 bridgehead atoms. The van der Waals surface area contributed by atoms with Crippen LogP contribution in [0.3, 0.4) is 0 Å². The fourth-order valence-electron chi connectivity index (χ4n) is 1.84. The maximum atomic E-state index is 2.52. The third kappa shape index (κ3) is 2.01. The summed E-state index contributed by atoms with van der Waals surface area (Å²) in [6.07, 6.45) is 5.61. The molecule has 0 aromatic rings. The van der Waals surface area contributed by atoms with E-state index in [2.05, 4.69) is 18.9 Å². The van der Waals surface area contributed by atoms with Crippen LogP contribution in [0.2, 0.25) is 12.6 Å². The number of nitrogens with zero attached hydrogens (tertiary/aromatic N) is 1. The van der Waals surface area contributed by atoms with Crippen molar-refractivity contribution in [1.82, 2.24) is 4.90 Å². The minimum absolute atomic E-state index is 0.877. The van der Waals surface area contributed by atoms with E-state index >= 15 is 0 Å². The maximum Gasteiger partial charge on any atom is 0.122 e. The molecule has 1 rings (SSSR count). The van der Waals surface area contributed by atoms with Crippen LogP contribution in [0.5, 0.6) is 0 Å². The van der Waals surface area contributed by atoms with Crippen molar-refractivity contribution in [2.75, 3.05) is 13.6 Å². The Morgan fingerprint density at radius 3 is 3.00 bits per heavy atom. The third-order valence-corrected chi connectivity index (χ3v) is 2.64. The molecule has 0 N–H and O–H groups in total. The second kappa shape index (κ2) is 4.02. The van der Waals surface area contributed by atoms with Crippen molar-refractivity contribution in [2.45, 2.75) is 38.4 Å². The van der Waals surface area contributed by atoms with Crippen LogP contribution in [0.15, 0.2) is 0 Å². The lowest BCUT2D eigenvalue weighted by atomic mass is 9.70. The van der Waals surface area contributed by atoms with E-state index in [-0.39, 0.29) is 0 Å². The highest BCUT2D eigenvalue weighted by Gasteiger charge is 2.14. The van der Waals surface area contributed by atoms with Gasteiger partial charge in [0.1, 0.15) is 7.28 Å². The van der Waals surface area contributed by atoms with Crippen LogP contribution in [-0.2, 0) is 0 Å². The second-order valence-corrected chi connectivity index (χ2v) is 3.39. The van der Waals surface area contributed by atoms with Gasteiger partial charge in [0.25, 0.3) is 0 Å². The molecule has 0 spiro atoms. The van der Waals surface area contributed by atoms with Gasteiger partial charge in [0, 0.05) is 6.04 Å². The fraction of sp³-hybridized carbons (Fsp3) is 1.00.